The fourth-order valence-corrected chi connectivity index (χ4v) is 11.1. The molecule has 0 aliphatic heterocycles. The molecule has 0 aromatic carbocycles. The molecule has 480 valence electrons. The summed E-state index contributed by atoms with van der Waals surface area (Å²) < 4.78 is 16.9. The molecule has 0 rings (SSSR count). The maximum absolute atomic E-state index is 12.9. The third kappa shape index (κ3) is 68.2. The third-order valence-corrected chi connectivity index (χ3v) is 16.6. The van der Waals surface area contributed by atoms with Crippen molar-refractivity contribution >= 4 is 17.9 Å². The first-order valence-electron chi connectivity index (χ1n) is 36.6. The quantitative estimate of drug-likeness (QED) is 0.0261. The zero-order chi connectivity index (χ0) is 59.2. The molecule has 0 saturated heterocycles. The molecule has 0 N–H and O–H groups in total. The van der Waals surface area contributed by atoms with Crippen molar-refractivity contribution in [2.24, 2.45) is 0 Å². The Morgan fingerprint density at radius 1 is 0.256 bits per heavy atom. The van der Waals surface area contributed by atoms with E-state index in [4.69, 9.17) is 14.2 Å². The van der Waals surface area contributed by atoms with Crippen molar-refractivity contribution in [2.45, 2.75) is 406 Å². The van der Waals surface area contributed by atoms with E-state index in [0.717, 1.165) is 83.5 Å². The standard InChI is InChI=1S/C76H140O6/c1-4-7-10-13-16-19-21-23-25-27-29-31-33-35-36-37-38-39-40-42-43-45-47-49-51-53-55-57-60-63-66-69-75(78)81-72-73(71-80-74(77)68-65-62-59-18-15-12-9-6-3)82-76(79)70-67-64-61-58-56-54-52-50-48-46-44-41-34-32-30-28-26-24-22-20-17-14-11-8-5-2/h8,11,17,20,24,26,30,32,73H,4-7,9-10,12-16,18-19,21-23,25,27-29,31,33-72H2,1-3H3/b11-8-,20-17-,26-24-,32-30-. The SMILES string of the molecule is CC/C=C\C/C=C\C/C=C\C/C=C\CCCCCCCCCCCCCCC(=O)OC(COC(=O)CCCCCCCCCC)COC(=O)CCCCCCCCCCCCCCCCCCCCCCCCCCCCCCCCC. The Morgan fingerprint density at radius 3 is 0.744 bits per heavy atom. The number of hydrogen-bond donors (Lipinski definition) is 0. The zero-order valence-electron chi connectivity index (χ0n) is 55.3. The third-order valence-electron chi connectivity index (χ3n) is 16.6. The van der Waals surface area contributed by atoms with E-state index >= 15 is 0 Å². The number of carbonyl (C=O) groups is 3. The second-order valence-corrected chi connectivity index (χ2v) is 24.8. The van der Waals surface area contributed by atoms with Crippen LogP contribution in [0.25, 0.3) is 0 Å². The Bertz CT molecular complexity index is 1410. The van der Waals surface area contributed by atoms with Crippen LogP contribution in [0.4, 0.5) is 0 Å². The van der Waals surface area contributed by atoms with E-state index < -0.39 is 6.10 Å². The Kier molecular flexibility index (Phi) is 68.6. The summed E-state index contributed by atoms with van der Waals surface area (Å²) in [6.45, 7) is 6.57. The molecule has 0 heterocycles. The molecule has 1 atom stereocenters. The van der Waals surface area contributed by atoms with Gasteiger partial charge in [-0.15, -0.1) is 0 Å². The topological polar surface area (TPSA) is 78.9 Å². The summed E-state index contributed by atoms with van der Waals surface area (Å²) in [5.41, 5.74) is 0. The van der Waals surface area contributed by atoms with Gasteiger partial charge >= 0.3 is 17.9 Å². The number of ether oxygens (including phenoxy) is 3. The van der Waals surface area contributed by atoms with Gasteiger partial charge in [-0.1, -0.05) is 371 Å². The van der Waals surface area contributed by atoms with Gasteiger partial charge in [0.25, 0.3) is 0 Å². The van der Waals surface area contributed by atoms with Gasteiger partial charge < -0.3 is 14.2 Å². The monoisotopic (exact) mass is 1150 g/mol. The van der Waals surface area contributed by atoms with Crippen LogP contribution in [0.3, 0.4) is 0 Å². The number of rotatable bonds is 68. The van der Waals surface area contributed by atoms with Gasteiger partial charge in [0.1, 0.15) is 13.2 Å². The molecule has 0 bridgehead atoms. The molecule has 0 radical (unpaired) electrons. The lowest BCUT2D eigenvalue weighted by molar-refractivity contribution is -0.167. The molecule has 82 heavy (non-hydrogen) atoms. The molecular formula is C76H140O6. The minimum absolute atomic E-state index is 0.0682. The van der Waals surface area contributed by atoms with Crippen molar-refractivity contribution in [1.82, 2.24) is 0 Å². The van der Waals surface area contributed by atoms with Crippen LogP contribution in [0.2, 0.25) is 0 Å². The zero-order valence-corrected chi connectivity index (χ0v) is 55.3. The first kappa shape index (κ1) is 79.4. The Balaban J connectivity index is 4.03. The second kappa shape index (κ2) is 70.9. The van der Waals surface area contributed by atoms with E-state index in [-0.39, 0.29) is 31.1 Å². The highest BCUT2D eigenvalue weighted by molar-refractivity contribution is 5.71. The lowest BCUT2D eigenvalue weighted by atomic mass is 10.0. The summed E-state index contributed by atoms with van der Waals surface area (Å²) in [4.78, 5) is 38.3. The molecule has 0 aromatic heterocycles. The Morgan fingerprint density at radius 2 is 0.476 bits per heavy atom. The van der Waals surface area contributed by atoms with Crippen LogP contribution in [-0.4, -0.2) is 37.2 Å². The molecule has 6 nitrogen and oxygen atoms in total. The van der Waals surface area contributed by atoms with E-state index in [1.807, 2.05) is 0 Å². The van der Waals surface area contributed by atoms with Crippen LogP contribution in [0, 0.1) is 0 Å². The fraction of sp³-hybridized carbons (Fsp3) is 0.855. The van der Waals surface area contributed by atoms with Crippen LogP contribution < -0.4 is 0 Å². The summed E-state index contributed by atoms with van der Waals surface area (Å²) >= 11 is 0. The average molecular weight is 1150 g/mol. The number of carbonyl (C=O) groups excluding carboxylic acids is 3. The van der Waals surface area contributed by atoms with Gasteiger partial charge in [0, 0.05) is 19.3 Å². The average Bonchev–Trinajstić information content (AvgIpc) is 3.48. The number of esters is 3. The highest BCUT2D eigenvalue weighted by Crippen LogP contribution is 2.19. The Hall–Kier alpha value is -2.63. The molecule has 1 unspecified atom stereocenters. The molecular weight excluding hydrogens is 1010 g/mol. The highest BCUT2D eigenvalue weighted by atomic mass is 16.6. The summed E-state index contributed by atoms with van der Waals surface area (Å²) in [7, 11) is 0. The second-order valence-electron chi connectivity index (χ2n) is 24.8. The fourth-order valence-electron chi connectivity index (χ4n) is 11.1. The maximum atomic E-state index is 12.9. The van der Waals surface area contributed by atoms with Crippen LogP contribution in [0.15, 0.2) is 48.6 Å². The van der Waals surface area contributed by atoms with Crippen molar-refractivity contribution in [3.8, 4) is 0 Å². The first-order chi connectivity index (χ1) is 40.5. The van der Waals surface area contributed by atoms with Crippen LogP contribution in [0.1, 0.15) is 400 Å². The summed E-state index contributed by atoms with van der Waals surface area (Å²) in [6.07, 6.45) is 90.4. The molecule has 0 saturated carbocycles. The predicted molar refractivity (Wildman–Crippen MR) is 358 cm³/mol. The van der Waals surface area contributed by atoms with Crippen LogP contribution in [-0.2, 0) is 28.6 Å². The van der Waals surface area contributed by atoms with Crippen molar-refractivity contribution in [1.29, 1.82) is 0 Å². The molecule has 0 amide bonds. The van der Waals surface area contributed by atoms with Gasteiger partial charge in [0.15, 0.2) is 6.10 Å². The number of unbranched alkanes of at least 4 members (excludes halogenated alkanes) is 49. The maximum Gasteiger partial charge on any atom is 0.306 e. The van der Waals surface area contributed by atoms with Crippen molar-refractivity contribution in [3.63, 3.8) is 0 Å². The number of hydrogen-bond acceptors (Lipinski definition) is 6. The molecule has 0 spiro atoms. The lowest BCUT2D eigenvalue weighted by Gasteiger charge is -2.18. The summed E-state index contributed by atoms with van der Waals surface area (Å²) in [6, 6.07) is 0. The van der Waals surface area contributed by atoms with Crippen LogP contribution >= 0.6 is 0 Å². The molecule has 6 heteroatoms. The predicted octanol–water partition coefficient (Wildman–Crippen LogP) is 25.3. The van der Waals surface area contributed by atoms with Gasteiger partial charge in [-0.3, -0.25) is 14.4 Å². The van der Waals surface area contributed by atoms with Gasteiger partial charge in [-0.05, 0) is 57.8 Å². The van der Waals surface area contributed by atoms with E-state index in [2.05, 4.69) is 69.4 Å². The van der Waals surface area contributed by atoms with Crippen molar-refractivity contribution < 1.29 is 28.6 Å². The van der Waals surface area contributed by atoms with Gasteiger partial charge in [0.2, 0.25) is 0 Å². The van der Waals surface area contributed by atoms with Crippen LogP contribution in [0.5, 0.6) is 0 Å². The van der Waals surface area contributed by atoms with E-state index in [1.165, 1.54) is 276 Å². The molecule has 0 aliphatic rings. The lowest BCUT2D eigenvalue weighted by Crippen LogP contribution is -2.30. The smallest absolute Gasteiger partial charge is 0.306 e. The van der Waals surface area contributed by atoms with E-state index in [0.29, 0.717) is 19.3 Å². The normalized spacial score (nSPS) is 12.3. The molecule has 0 fully saturated rings. The molecule has 0 aliphatic carbocycles. The van der Waals surface area contributed by atoms with Crippen molar-refractivity contribution in [2.75, 3.05) is 13.2 Å². The first-order valence-corrected chi connectivity index (χ1v) is 36.6. The Labute approximate surface area is 511 Å². The van der Waals surface area contributed by atoms with Gasteiger partial charge in [-0.2, -0.15) is 0 Å². The van der Waals surface area contributed by atoms with Crippen molar-refractivity contribution in [3.05, 3.63) is 48.6 Å². The molecule has 0 aromatic rings. The van der Waals surface area contributed by atoms with Gasteiger partial charge in [-0.25, -0.2) is 0 Å². The highest BCUT2D eigenvalue weighted by Gasteiger charge is 2.19. The minimum atomic E-state index is -0.771. The summed E-state index contributed by atoms with van der Waals surface area (Å²) in [5, 5.41) is 0. The minimum Gasteiger partial charge on any atom is -0.462 e. The van der Waals surface area contributed by atoms with E-state index in [9.17, 15) is 14.4 Å². The van der Waals surface area contributed by atoms with E-state index in [1.54, 1.807) is 0 Å². The number of allylic oxidation sites excluding steroid dienone is 8. The summed E-state index contributed by atoms with van der Waals surface area (Å²) in [5.74, 6) is -0.849. The largest absolute Gasteiger partial charge is 0.462 e. The van der Waals surface area contributed by atoms with Gasteiger partial charge in [0.05, 0.1) is 0 Å².